The molecule has 5 nitrogen and oxygen atoms in total. The fraction of sp³-hybridized carbons (Fsp3) is 0.290. The van der Waals surface area contributed by atoms with E-state index in [-0.39, 0.29) is 29.5 Å². The van der Waals surface area contributed by atoms with Crippen LogP contribution in [0, 0.1) is 12.7 Å². The van der Waals surface area contributed by atoms with Gasteiger partial charge in [0.2, 0.25) is 0 Å². The normalized spacial score (nSPS) is 20.6. The van der Waals surface area contributed by atoms with Crippen molar-refractivity contribution in [3.63, 3.8) is 0 Å². The zero-order valence-electron chi connectivity index (χ0n) is 21.2. The van der Waals surface area contributed by atoms with Crippen LogP contribution in [0.25, 0.3) is 5.76 Å². The van der Waals surface area contributed by atoms with Crippen LogP contribution in [0.3, 0.4) is 0 Å². The molecule has 2 atom stereocenters. The highest BCUT2D eigenvalue weighted by atomic mass is 35.5. The van der Waals surface area contributed by atoms with Gasteiger partial charge in [-0.25, -0.2) is 4.39 Å². The molecule has 0 saturated carbocycles. The van der Waals surface area contributed by atoms with Crippen LogP contribution in [0.15, 0.2) is 78.4 Å². The second-order valence-corrected chi connectivity index (χ2v) is 10.4. The predicted octanol–water partition coefficient (Wildman–Crippen LogP) is 6.44. The highest BCUT2D eigenvalue weighted by Crippen LogP contribution is 2.42. The Labute approximate surface area is 227 Å². The van der Waals surface area contributed by atoms with Crippen LogP contribution in [0.4, 0.5) is 4.39 Å². The molecule has 0 radical (unpaired) electrons. The Morgan fingerprint density at radius 2 is 1.63 bits per heavy atom. The molecule has 196 valence electrons. The van der Waals surface area contributed by atoms with Gasteiger partial charge in [0.1, 0.15) is 11.6 Å². The van der Waals surface area contributed by atoms with Crippen LogP contribution in [-0.2, 0) is 9.59 Å². The van der Waals surface area contributed by atoms with Gasteiger partial charge in [0.25, 0.3) is 11.7 Å². The third kappa shape index (κ3) is 5.11. The summed E-state index contributed by atoms with van der Waals surface area (Å²) in [4.78, 5) is 30.8. The van der Waals surface area contributed by atoms with Crippen LogP contribution < -0.4 is 0 Å². The number of amides is 1. The molecule has 3 aromatic rings. The van der Waals surface area contributed by atoms with Crippen molar-refractivity contribution in [1.29, 1.82) is 0 Å². The monoisotopic (exact) mass is 532 g/mol. The lowest BCUT2D eigenvalue weighted by Crippen LogP contribution is -2.42. The number of piperidine rings is 1. The van der Waals surface area contributed by atoms with E-state index in [0.717, 1.165) is 43.5 Å². The summed E-state index contributed by atoms with van der Waals surface area (Å²) < 4.78 is 15.2. The van der Waals surface area contributed by atoms with Crippen molar-refractivity contribution in [1.82, 2.24) is 9.80 Å². The van der Waals surface area contributed by atoms with E-state index in [4.69, 9.17) is 11.6 Å². The highest BCUT2D eigenvalue weighted by molar-refractivity contribution is 6.46. The van der Waals surface area contributed by atoms with Crippen molar-refractivity contribution in [2.24, 2.45) is 0 Å². The molecule has 7 heteroatoms. The molecule has 2 aliphatic heterocycles. The van der Waals surface area contributed by atoms with E-state index < -0.39 is 23.5 Å². The minimum absolute atomic E-state index is 0.0996. The molecule has 3 aromatic carbocycles. The third-order valence-corrected chi connectivity index (χ3v) is 7.77. The number of Topliss-reactive ketones (excluding diaryl/α,β-unsaturated/α-hetero) is 1. The number of hydrogen-bond donors (Lipinski definition) is 1. The summed E-state index contributed by atoms with van der Waals surface area (Å²) >= 11 is 6.16. The first-order chi connectivity index (χ1) is 18.3. The summed E-state index contributed by atoms with van der Waals surface area (Å²) in [5, 5.41) is 11.9. The molecule has 0 unspecified atom stereocenters. The van der Waals surface area contributed by atoms with Gasteiger partial charge in [-0.1, -0.05) is 78.2 Å². The standard InChI is InChI=1S/C31H30ClFN2O3/c1-20-9-11-22(12-10-20)29(36)27-28(24-7-3-4-8-25(24)33)35(31(38)30(27)37)19-26(34-17-5-2-6-18-34)21-13-15-23(32)16-14-21/h3-4,7-16,26,28,36H,2,5-6,17-19H2,1H3/t26-,28-/m0/s1. The number of ketones is 1. The molecule has 0 aromatic heterocycles. The lowest BCUT2D eigenvalue weighted by atomic mass is 9.94. The SMILES string of the molecule is Cc1ccc(C(O)=C2C(=O)C(=O)N(C[C@@H](c3ccc(Cl)cc3)N3CCCCC3)[C@H]2c2ccccc2F)cc1. The third-order valence-electron chi connectivity index (χ3n) is 7.52. The van der Waals surface area contributed by atoms with Gasteiger partial charge in [0.15, 0.2) is 0 Å². The number of aliphatic hydroxyl groups is 1. The minimum Gasteiger partial charge on any atom is -0.507 e. The quantitative estimate of drug-likeness (QED) is 0.225. The van der Waals surface area contributed by atoms with E-state index in [0.29, 0.717) is 10.6 Å². The number of rotatable bonds is 6. The highest BCUT2D eigenvalue weighted by Gasteiger charge is 2.48. The summed E-state index contributed by atoms with van der Waals surface area (Å²) in [6, 6.07) is 19.3. The molecule has 2 aliphatic rings. The van der Waals surface area contributed by atoms with Crippen molar-refractivity contribution in [3.8, 4) is 0 Å². The molecule has 5 rings (SSSR count). The number of benzene rings is 3. The molecule has 38 heavy (non-hydrogen) atoms. The summed E-state index contributed by atoms with van der Waals surface area (Å²) in [7, 11) is 0. The van der Waals surface area contributed by atoms with E-state index in [9.17, 15) is 14.7 Å². The molecule has 1 N–H and O–H groups in total. The van der Waals surface area contributed by atoms with E-state index >= 15 is 4.39 Å². The summed E-state index contributed by atoms with van der Waals surface area (Å²) in [6.07, 6.45) is 3.21. The number of aliphatic hydroxyl groups excluding tert-OH is 1. The molecule has 2 saturated heterocycles. The Kier molecular flexibility index (Phi) is 7.63. The summed E-state index contributed by atoms with van der Waals surface area (Å²) in [5.41, 5.74) is 2.43. The maximum Gasteiger partial charge on any atom is 0.295 e. The number of nitrogens with zero attached hydrogens (tertiary/aromatic N) is 2. The van der Waals surface area contributed by atoms with Gasteiger partial charge >= 0.3 is 0 Å². The fourth-order valence-corrected chi connectivity index (χ4v) is 5.61. The van der Waals surface area contributed by atoms with Crippen molar-refractivity contribution in [2.45, 2.75) is 38.3 Å². The van der Waals surface area contributed by atoms with Crippen molar-refractivity contribution in [3.05, 3.63) is 111 Å². The second-order valence-electron chi connectivity index (χ2n) is 10.0. The van der Waals surface area contributed by atoms with Gasteiger partial charge in [0.05, 0.1) is 17.7 Å². The van der Waals surface area contributed by atoms with E-state index in [1.165, 1.54) is 11.0 Å². The van der Waals surface area contributed by atoms with Crippen molar-refractivity contribution in [2.75, 3.05) is 19.6 Å². The van der Waals surface area contributed by atoms with E-state index in [1.54, 1.807) is 30.3 Å². The van der Waals surface area contributed by atoms with E-state index in [1.807, 2.05) is 43.3 Å². The predicted molar refractivity (Wildman–Crippen MR) is 146 cm³/mol. The average Bonchev–Trinajstić information content (AvgIpc) is 3.18. The molecule has 0 aliphatic carbocycles. The number of carbonyl (C=O) groups is 2. The summed E-state index contributed by atoms with van der Waals surface area (Å²) in [6.45, 7) is 3.78. The molecule has 2 fully saturated rings. The van der Waals surface area contributed by atoms with Crippen LogP contribution in [-0.4, -0.2) is 46.2 Å². The first kappa shape index (κ1) is 26.1. The molecule has 2 heterocycles. The van der Waals surface area contributed by atoms with Crippen molar-refractivity contribution < 1.29 is 19.1 Å². The molecular formula is C31H30ClFN2O3. The van der Waals surface area contributed by atoms with Gasteiger partial charge in [-0.3, -0.25) is 14.5 Å². The smallest absolute Gasteiger partial charge is 0.295 e. The van der Waals surface area contributed by atoms with E-state index in [2.05, 4.69) is 4.90 Å². The number of likely N-dealkylation sites (tertiary alicyclic amines) is 2. The van der Waals surface area contributed by atoms with Crippen LogP contribution >= 0.6 is 11.6 Å². The lowest BCUT2D eigenvalue weighted by Gasteiger charge is -2.38. The molecule has 0 bridgehead atoms. The summed E-state index contributed by atoms with van der Waals surface area (Å²) in [5.74, 6) is -2.41. The van der Waals surface area contributed by atoms with Crippen LogP contribution in [0.1, 0.15) is 53.6 Å². The fourth-order valence-electron chi connectivity index (χ4n) is 5.49. The Balaban J connectivity index is 1.62. The van der Waals surface area contributed by atoms with Gasteiger partial charge in [0, 0.05) is 22.7 Å². The Bertz CT molecular complexity index is 1360. The first-order valence-electron chi connectivity index (χ1n) is 12.9. The lowest BCUT2D eigenvalue weighted by molar-refractivity contribution is -0.140. The van der Waals surface area contributed by atoms with Gasteiger partial charge in [-0.05, 0) is 56.6 Å². The number of aryl methyl sites for hydroxylation is 1. The minimum atomic E-state index is -1.06. The largest absolute Gasteiger partial charge is 0.507 e. The van der Waals surface area contributed by atoms with Crippen LogP contribution in [0.5, 0.6) is 0 Å². The van der Waals surface area contributed by atoms with Crippen LogP contribution in [0.2, 0.25) is 5.02 Å². The Morgan fingerprint density at radius 3 is 2.29 bits per heavy atom. The average molecular weight is 533 g/mol. The Hall–Kier alpha value is -3.48. The van der Waals surface area contributed by atoms with Gasteiger partial charge in [-0.15, -0.1) is 0 Å². The molecule has 1 amide bonds. The topological polar surface area (TPSA) is 60.9 Å². The van der Waals surface area contributed by atoms with Gasteiger partial charge in [-0.2, -0.15) is 0 Å². The maximum absolute atomic E-state index is 15.2. The number of halogens is 2. The maximum atomic E-state index is 15.2. The molecule has 0 spiro atoms. The first-order valence-corrected chi connectivity index (χ1v) is 13.3. The zero-order valence-corrected chi connectivity index (χ0v) is 22.0. The Morgan fingerprint density at radius 1 is 0.974 bits per heavy atom. The second kappa shape index (κ2) is 11.1. The number of carbonyl (C=O) groups excluding carboxylic acids is 2. The van der Waals surface area contributed by atoms with Gasteiger partial charge < -0.3 is 10.0 Å². The van der Waals surface area contributed by atoms with Crippen molar-refractivity contribution >= 4 is 29.1 Å². The zero-order chi connectivity index (χ0) is 26.8. The molecular weight excluding hydrogens is 503 g/mol. The number of hydrogen-bond acceptors (Lipinski definition) is 4.